The lowest BCUT2D eigenvalue weighted by Gasteiger charge is -2.14. The van der Waals surface area contributed by atoms with Gasteiger partial charge in [-0.15, -0.1) is 0 Å². The summed E-state index contributed by atoms with van der Waals surface area (Å²) in [6.45, 7) is 2.22. The van der Waals surface area contributed by atoms with Crippen LogP contribution in [0.3, 0.4) is 0 Å². The predicted molar refractivity (Wildman–Crippen MR) is 104 cm³/mol. The van der Waals surface area contributed by atoms with Crippen LogP contribution in [-0.4, -0.2) is 8.42 Å². The molecule has 0 radical (unpaired) electrons. The fraction of sp³-hybridized carbons (Fsp3) is 0.100. The first-order valence-corrected chi connectivity index (χ1v) is 9.86. The van der Waals surface area contributed by atoms with Gasteiger partial charge in [0.1, 0.15) is 12.4 Å². The van der Waals surface area contributed by atoms with E-state index in [1.165, 1.54) is 6.07 Å². The van der Waals surface area contributed by atoms with E-state index in [0.717, 1.165) is 11.1 Å². The zero-order valence-electron chi connectivity index (χ0n) is 14.1. The second-order valence-corrected chi connectivity index (χ2v) is 7.95. The van der Waals surface area contributed by atoms with E-state index in [0.29, 0.717) is 23.1 Å². The molecule has 0 unspecified atom stereocenters. The highest BCUT2D eigenvalue weighted by molar-refractivity contribution is 7.92. The molecule has 0 aliphatic heterocycles. The first-order valence-electron chi connectivity index (χ1n) is 8.00. The Labute approximate surface area is 158 Å². The fourth-order valence-corrected chi connectivity index (χ4v) is 3.60. The van der Waals surface area contributed by atoms with E-state index >= 15 is 0 Å². The smallest absolute Gasteiger partial charge is 0.262 e. The minimum absolute atomic E-state index is 0.178. The van der Waals surface area contributed by atoms with Gasteiger partial charge in [-0.05, 0) is 42.8 Å². The Morgan fingerprint density at radius 3 is 2.35 bits per heavy atom. The van der Waals surface area contributed by atoms with Gasteiger partial charge in [-0.25, -0.2) is 8.42 Å². The second-order valence-electron chi connectivity index (χ2n) is 5.83. The monoisotopic (exact) mass is 387 g/mol. The third-order valence-corrected chi connectivity index (χ3v) is 5.37. The third kappa shape index (κ3) is 4.56. The number of benzene rings is 3. The summed E-state index contributed by atoms with van der Waals surface area (Å²) in [6, 6.07) is 21.1. The Morgan fingerprint density at radius 1 is 0.962 bits per heavy atom. The van der Waals surface area contributed by atoms with E-state index in [9.17, 15) is 8.42 Å². The SMILES string of the molecule is Cc1ccc(S(=O)(=O)Nc2cc(Cl)ccc2OCc2ccccc2)cc1. The molecule has 3 aromatic rings. The number of sulfonamides is 1. The number of anilines is 1. The molecule has 0 fully saturated rings. The largest absolute Gasteiger partial charge is 0.487 e. The Hall–Kier alpha value is -2.50. The van der Waals surface area contributed by atoms with Crippen LogP contribution in [0.5, 0.6) is 5.75 Å². The minimum atomic E-state index is -3.74. The average Bonchev–Trinajstić information content (AvgIpc) is 2.62. The molecule has 0 atom stereocenters. The molecule has 0 aromatic heterocycles. The lowest BCUT2D eigenvalue weighted by atomic mass is 10.2. The summed E-state index contributed by atoms with van der Waals surface area (Å²) in [5.41, 5.74) is 2.27. The van der Waals surface area contributed by atoms with Gasteiger partial charge < -0.3 is 4.74 Å². The minimum Gasteiger partial charge on any atom is -0.487 e. The molecule has 3 aromatic carbocycles. The molecule has 0 spiro atoms. The lowest BCUT2D eigenvalue weighted by molar-refractivity contribution is 0.308. The van der Waals surface area contributed by atoms with Gasteiger partial charge in [-0.1, -0.05) is 59.6 Å². The van der Waals surface area contributed by atoms with Gasteiger partial charge in [0.2, 0.25) is 0 Å². The van der Waals surface area contributed by atoms with Crippen molar-refractivity contribution in [2.45, 2.75) is 18.4 Å². The van der Waals surface area contributed by atoms with Crippen molar-refractivity contribution < 1.29 is 13.2 Å². The predicted octanol–water partition coefficient (Wildman–Crippen LogP) is 5.03. The Bertz CT molecular complexity index is 987. The number of rotatable bonds is 6. The van der Waals surface area contributed by atoms with Crippen molar-refractivity contribution in [1.29, 1.82) is 0 Å². The van der Waals surface area contributed by atoms with Gasteiger partial charge in [0.05, 0.1) is 10.6 Å². The van der Waals surface area contributed by atoms with E-state index < -0.39 is 10.0 Å². The van der Waals surface area contributed by atoms with Crippen molar-refractivity contribution in [3.05, 3.63) is 88.9 Å². The molecule has 4 nitrogen and oxygen atoms in total. The van der Waals surface area contributed by atoms with Crippen LogP contribution in [0.2, 0.25) is 5.02 Å². The summed E-state index contributed by atoms with van der Waals surface area (Å²) in [7, 11) is -3.74. The Balaban J connectivity index is 1.84. The molecule has 6 heteroatoms. The van der Waals surface area contributed by atoms with Crippen LogP contribution < -0.4 is 9.46 Å². The van der Waals surface area contributed by atoms with Crippen LogP contribution in [0.4, 0.5) is 5.69 Å². The van der Waals surface area contributed by atoms with E-state index in [1.807, 2.05) is 37.3 Å². The molecule has 3 rings (SSSR count). The Kier molecular flexibility index (Phi) is 5.49. The molecule has 0 saturated heterocycles. The summed E-state index contributed by atoms with van der Waals surface area (Å²) < 4.78 is 33.6. The first kappa shape index (κ1) is 18.3. The van der Waals surface area contributed by atoms with Crippen molar-refractivity contribution in [2.75, 3.05) is 4.72 Å². The quantitative estimate of drug-likeness (QED) is 0.645. The summed E-state index contributed by atoms with van der Waals surface area (Å²) in [6.07, 6.45) is 0. The summed E-state index contributed by atoms with van der Waals surface area (Å²) in [5.74, 6) is 0.411. The van der Waals surface area contributed by atoms with Crippen molar-refractivity contribution in [3.63, 3.8) is 0 Å². The van der Waals surface area contributed by atoms with Gasteiger partial charge in [0.15, 0.2) is 0 Å². The third-order valence-electron chi connectivity index (χ3n) is 3.75. The zero-order chi connectivity index (χ0) is 18.6. The number of hydrogen-bond acceptors (Lipinski definition) is 3. The van der Waals surface area contributed by atoms with E-state index in [-0.39, 0.29) is 4.90 Å². The molecule has 134 valence electrons. The van der Waals surface area contributed by atoms with E-state index in [1.54, 1.807) is 36.4 Å². The number of aryl methyl sites for hydroxylation is 1. The average molecular weight is 388 g/mol. The zero-order valence-corrected chi connectivity index (χ0v) is 15.7. The highest BCUT2D eigenvalue weighted by Gasteiger charge is 2.17. The maximum absolute atomic E-state index is 12.6. The van der Waals surface area contributed by atoms with Gasteiger partial charge in [0.25, 0.3) is 10.0 Å². The highest BCUT2D eigenvalue weighted by atomic mass is 35.5. The van der Waals surface area contributed by atoms with Crippen molar-refractivity contribution in [1.82, 2.24) is 0 Å². The molecule has 1 N–H and O–H groups in total. The lowest BCUT2D eigenvalue weighted by Crippen LogP contribution is -2.14. The van der Waals surface area contributed by atoms with Crippen LogP contribution in [-0.2, 0) is 16.6 Å². The van der Waals surface area contributed by atoms with Crippen molar-refractivity contribution in [3.8, 4) is 5.75 Å². The number of nitrogens with one attached hydrogen (secondary N) is 1. The molecule has 0 amide bonds. The van der Waals surface area contributed by atoms with Crippen molar-refractivity contribution >= 4 is 27.3 Å². The molecular formula is C20H18ClNO3S. The Morgan fingerprint density at radius 2 is 1.65 bits per heavy atom. The highest BCUT2D eigenvalue weighted by Crippen LogP contribution is 2.30. The molecule has 0 aliphatic rings. The standard InChI is InChI=1S/C20H18ClNO3S/c1-15-7-10-18(11-8-15)26(23,24)22-19-13-17(21)9-12-20(19)25-14-16-5-3-2-4-6-16/h2-13,22H,14H2,1H3. The van der Waals surface area contributed by atoms with Crippen LogP contribution in [0, 0.1) is 6.92 Å². The van der Waals surface area contributed by atoms with E-state index in [4.69, 9.17) is 16.3 Å². The molecular weight excluding hydrogens is 370 g/mol. The van der Waals surface area contributed by atoms with Gasteiger partial charge in [-0.3, -0.25) is 4.72 Å². The fourth-order valence-electron chi connectivity index (χ4n) is 2.36. The van der Waals surface area contributed by atoms with Crippen LogP contribution in [0.1, 0.15) is 11.1 Å². The summed E-state index contributed by atoms with van der Waals surface area (Å²) in [4.78, 5) is 0.178. The number of hydrogen-bond donors (Lipinski definition) is 1. The van der Waals surface area contributed by atoms with Crippen molar-refractivity contribution in [2.24, 2.45) is 0 Å². The molecule has 0 heterocycles. The maximum atomic E-state index is 12.6. The number of halogens is 1. The van der Waals surface area contributed by atoms with Gasteiger partial charge in [0, 0.05) is 5.02 Å². The molecule has 0 aliphatic carbocycles. The van der Waals surface area contributed by atoms with E-state index in [2.05, 4.69) is 4.72 Å². The first-order chi connectivity index (χ1) is 12.4. The van der Waals surface area contributed by atoms with Crippen LogP contribution in [0.15, 0.2) is 77.7 Å². The van der Waals surface area contributed by atoms with Crippen LogP contribution in [0.25, 0.3) is 0 Å². The van der Waals surface area contributed by atoms with Crippen LogP contribution >= 0.6 is 11.6 Å². The summed E-state index contributed by atoms with van der Waals surface area (Å²) in [5, 5.41) is 0.415. The normalized spacial score (nSPS) is 11.2. The maximum Gasteiger partial charge on any atom is 0.262 e. The number of ether oxygens (including phenoxy) is 1. The second kappa shape index (κ2) is 7.81. The molecule has 0 saturated carbocycles. The topological polar surface area (TPSA) is 55.4 Å². The van der Waals surface area contributed by atoms with Gasteiger partial charge in [-0.2, -0.15) is 0 Å². The molecule has 26 heavy (non-hydrogen) atoms. The summed E-state index contributed by atoms with van der Waals surface area (Å²) >= 11 is 6.04. The van der Waals surface area contributed by atoms with Gasteiger partial charge >= 0.3 is 0 Å². The molecule has 0 bridgehead atoms.